The van der Waals surface area contributed by atoms with Gasteiger partial charge in [-0.1, -0.05) is 12.1 Å². The quantitative estimate of drug-likeness (QED) is 0.357. The Morgan fingerprint density at radius 3 is 2.41 bits per heavy atom. The fourth-order valence-corrected chi connectivity index (χ4v) is 4.37. The van der Waals surface area contributed by atoms with E-state index in [1.165, 1.54) is 40.9 Å². The number of morpholine rings is 1. The van der Waals surface area contributed by atoms with Crippen LogP contribution in [0, 0.1) is 20.2 Å². The van der Waals surface area contributed by atoms with Crippen LogP contribution in [0.1, 0.15) is 5.56 Å². The van der Waals surface area contributed by atoms with Crippen molar-refractivity contribution in [3.63, 3.8) is 0 Å². The summed E-state index contributed by atoms with van der Waals surface area (Å²) in [6.45, 7) is 0.864. The summed E-state index contributed by atoms with van der Waals surface area (Å²) in [4.78, 5) is 21.1. The minimum Gasteiger partial charge on any atom is -0.379 e. The van der Waals surface area contributed by atoms with Crippen molar-refractivity contribution in [2.45, 2.75) is 4.90 Å². The van der Waals surface area contributed by atoms with E-state index in [-0.39, 0.29) is 42.6 Å². The summed E-state index contributed by atoms with van der Waals surface area (Å²) in [5.74, 6) is 0. The first-order valence-corrected chi connectivity index (χ1v) is 10.8. The first kappa shape index (κ1) is 23.0. The molecule has 1 aliphatic heterocycles. The van der Waals surface area contributed by atoms with Crippen molar-refractivity contribution in [1.29, 1.82) is 0 Å². The smallest absolute Gasteiger partial charge is 0.295 e. The predicted octanol–water partition coefficient (Wildman–Crippen LogP) is 2.64. The number of ether oxygens (including phenoxy) is 1. The first-order chi connectivity index (χ1) is 15.3. The second-order valence-corrected chi connectivity index (χ2v) is 8.46. The average molecular weight is 461 g/mol. The third-order valence-corrected chi connectivity index (χ3v) is 6.42. The van der Waals surface area contributed by atoms with Gasteiger partial charge in [-0.3, -0.25) is 25.7 Å². The highest BCUT2D eigenvalue weighted by atomic mass is 32.2. The number of sulfonamides is 1. The van der Waals surface area contributed by atoms with Crippen LogP contribution in [0.2, 0.25) is 0 Å². The number of hydrazone groups is 1. The van der Waals surface area contributed by atoms with Crippen LogP contribution in [-0.4, -0.2) is 55.1 Å². The summed E-state index contributed by atoms with van der Waals surface area (Å²) in [5.41, 5.74) is 2.32. The summed E-state index contributed by atoms with van der Waals surface area (Å²) in [5, 5.41) is 26.3. The van der Waals surface area contributed by atoms with Crippen molar-refractivity contribution in [2.24, 2.45) is 5.10 Å². The average Bonchev–Trinajstić information content (AvgIpc) is 2.79. The zero-order valence-electron chi connectivity index (χ0n) is 16.7. The van der Waals surface area contributed by atoms with Gasteiger partial charge in [-0.15, -0.1) is 0 Å². The molecule has 0 aliphatic carbocycles. The van der Waals surface area contributed by atoms with Gasteiger partial charge in [0.2, 0.25) is 10.0 Å². The second kappa shape index (κ2) is 10.1. The molecule has 0 aromatic heterocycles. The minimum absolute atomic E-state index is 0.00808. The van der Waals surface area contributed by atoms with Crippen molar-refractivity contribution >= 4 is 39.4 Å². The number of allylic oxidation sites excluding steroid dienone is 1. The van der Waals surface area contributed by atoms with E-state index in [9.17, 15) is 28.6 Å². The SMILES string of the molecule is O=[N+]([O-])c1ccccc1/C=C/C=N/Nc1ccc(S(=O)(=O)N2CCOCC2)cc1[N+](=O)[O-]. The van der Waals surface area contributed by atoms with Crippen LogP contribution in [0.25, 0.3) is 6.08 Å². The Bertz CT molecular complexity index is 1170. The molecular formula is C19H19N5O7S. The molecule has 32 heavy (non-hydrogen) atoms. The minimum atomic E-state index is -3.89. The highest BCUT2D eigenvalue weighted by Crippen LogP contribution is 2.29. The molecule has 0 unspecified atom stereocenters. The highest BCUT2D eigenvalue weighted by molar-refractivity contribution is 7.89. The maximum atomic E-state index is 12.7. The van der Waals surface area contributed by atoms with Crippen molar-refractivity contribution in [3.8, 4) is 0 Å². The van der Waals surface area contributed by atoms with Gasteiger partial charge in [-0.2, -0.15) is 9.41 Å². The molecule has 1 N–H and O–H groups in total. The predicted molar refractivity (Wildman–Crippen MR) is 117 cm³/mol. The molecule has 0 atom stereocenters. The Labute approximate surface area is 183 Å². The van der Waals surface area contributed by atoms with E-state index in [2.05, 4.69) is 10.5 Å². The Morgan fingerprint density at radius 2 is 1.72 bits per heavy atom. The Hall–Kier alpha value is -3.68. The lowest BCUT2D eigenvalue weighted by Gasteiger charge is -2.26. The molecule has 1 saturated heterocycles. The van der Waals surface area contributed by atoms with E-state index in [0.717, 1.165) is 6.07 Å². The summed E-state index contributed by atoms with van der Waals surface area (Å²) >= 11 is 0. The van der Waals surface area contributed by atoms with E-state index in [0.29, 0.717) is 5.56 Å². The van der Waals surface area contributed by atoms with E-state index < -0.39 is 25.6 Å². The molecule has 1 fully saturated rings. The standard InChI is InChI=1S/C19H19N5O7S/c25-23(26)18-6-2-1-4-15(18)5-3-9-20-21-17-8-7-16(14-19(17)24(27)28)32(29,30)22-10-12-31-13-11-22/h1-9,14,21H,10-13H2/b5-3+,20-9+. The van der Waals surface area contributed by atoms with Crippen LogP contribution >= 0.6 is 0 Å². The van der Waals surface area contributed by atoms with Gasteiger partial charge in [0.25, 0.3) is 11.4 Å². The van der Waals surface area contributed by atoms with Gasteiger partial charge in [0.1, 0.15) is 5.69 Å². The van der Waals surface area contributed by atoms with Crippen LogP contribution < -0.4 is 5.43 Å². The Morgan fingerprint density at radius 1 is 1.03 bits per heavy atom. The van der Waals surface area contributed by atoms with Gasteiger partial charge < -0.3 is 4.74 Å². The zero-order chi connectivity index (χ0) is 23.1. The normalized spacial score (nSPS) is 15.2. The van der Waals surface area contributed by atoms with Crippen molar-refractivity contribution in [3.05, 3.63) is 74.3 Å². The summed E-state index contributed by atoms with van der Waals surface area (Å²) in [6, 6.07) is 9.63. The molecular weight excluding hydrogens is 442 g/mol. The van der Waals surface area contributed by atoms with E-state index in [1.807, 2.05) is 0 Å². The number of hydrogen-bond donors (Lipinski definition) is 1. The Balaban J connectivity index is 1.76. The molecule has 0 spiro atoms. The molecule has 1 aliphatic rings. The largest absolute Gasteiger partial charge is 0.379 e. The molecule has 0 bridgehead atoms. The van der Waals surface area contributed by atoms with E-state index in [1.54, 1.807) is 18.2 Å². The van der Waals surface area contributed by atoms with Crippen molar-refractivity contribution < 1.29 is 23.0 Å². The van der Waals surface area contributed by atoms with Gasteiger partial charge in [0.15, 0.2) is 0 Å². The molecule has 3 rings (SSSR count). The molecule has 13 heteroatoms. The van der Waals surface area contributed by atoms with Gasteiger partial charge in [-0.05, 0) is 30.4 Å². The second-order valence-electron chi connectivity index (χ2n) is 6.52. The summed E-state index contributed by atoms with van der Waals surface area (Å²) in [7, 11) is -3.89. The maximum absolute atomic E-state index is 12.7. The van der Waals surface area contributed by atoms with E-state index >= 15 is 0 Å². The highest BCUT2D eigenvalue weighted by Gasteiger charge is 2.28. The number of benzene rings is 2. The van der Waals surface area contributed by atoms with Crippen LogP contribution in [0.5, 0.6) is 0 Å². The van der Waals surface area contributed by atoms with Gasteiger partial charge in [0, 0.05) is 31.4 Å². The van der Waals surface area contributed by atoms with Crippen LogP contribution in [0.4, 0.5) is 17.1 Å². The molecule has 168 valence electrons. The van der Waals surface area contributed by atoms with E-state index in [4.69, 9.17) is 4.74 Å². The fraction of sp³-hybridized carbons (Fsp3) is 0.211. The summed E-state index contributed by atoms with van der Waals surface area (Å²) < 4.78 is 31.8. The molecule has 2 aromatic carbocycles. The Kier molecular flexibility index (Phi) is 7.25. The van der Waals surface area contributed by atoms with Gasteiger partial charge >= 0.3 is 0 Å². The number of anilines is 1. The number of rotatable bonds is 8. The lowest BCUT2D eigenvalue weighted by molar-refractivity contribution is -0.385. The fourth-order valence-electron chi connectivity index (χ4n) is 2.94. The third-order valence-electron chi connectivity index (χ3n) is 4.53. The number of nitro benzene ring substituents is 2. The van der Waals surface area contributed by atoms with Crippen LogP contribution in [0.3, 0.4) is 0 Å². The van der Waals surface area contributed by atoms with Crippen LogP contribution in [0.15, 0.2) is 58.5 Å². The number of nitrogens with zero attached hydrogens (tertiary/aromatic N) is 4. The molecule has 0 saturated carbocycles. The number of nitro groups is 2. The molecule has 0 amide bonds. The molecule has 2 aromatic rings. The monoisotopic (exact) mass is 461 g/mol. The van der Waals surface area contributed by atoms with Gasteiger partial charge in [0.05, 0.1) is 33.5 Å². The maximum Gasteiger partial charge on any atom is 0.295 e. The zero-order valence-corrected chi connectivity index (χ0v) is 17.5. The van der Waals surface area contributed by atoms with Crippen molar-refractivity contribution in [1.82, 2.24) is 4.31 Å². The first-order valence-electron chi connectivity index (χ1n) is 9.36. The molecule has 12 nitrogen and oxygen atoms in total. The number of para-hydroxylation sites is 1. The number of hydrogen-bond acceptors (Lipinski definition) is 9. The number of nitrogens with one attached hydrogen (secondary N) is 1. The molecule has 1 heterocycles. The van der Waals surface area contributed by atoms with Gasteiger partial charge in [-0.25, -0.2) is 8.42 Å². The summed E-state index contributed by atoms with van der Waals surface area (Å²) in [6.07, 6.45) is 4.16. The third kappa shape index (κ3) is 5.32. The topological polar surface area (TPSA) is 157 Å². The molecule has 0 radical (unpaired) electrons. The lowest BCUT2D eigenvalue weighted by Crippen LogP contribution is -2.40. The van der Waals surface area contributed by atoms with Crippen molar-refractivity contribution in [2.75, 3.05) is 31.7 Å². The van der Waals surface area contributed by atoms with Crippen LogP contribution in [-0.2, 0) is 14.8 Å². The lowest BCUT2D eigenvalue weighted by atomic mass is 10.2.